The maximum absolute atomic E-state index is 13.6. The quantitative estimate of drug-likeness (QED) is 0.0212. The molecule has 0 radical (unpaired) electrons. The number of allylic oxidation sites excluding steroid dienone is 11. The van der Waals surface area contributed by atoms with Gasteiger partial charge < -0.3 is 28.5 Å². The molecule has 3 unspecified atom stereocenters. The highest BCUT2D eigenvalue weighted by molar-refractivity contribution is 7.45. The van der Waals surface area contributed by atoms with Gasteiger partial charge in [-0.3, -0.25) is 14.2 Å². The van der Waals surface area contributed by atoms with Gasteiger partial charge in [0.1, 0.15) is 19.3 Å². The van der Waals surface area contributed by atoms with Crippen LogP contribution in [0.5, 0.6) is 0 Å². The number of phosphoric acid groups is 1. The van der Waals surface area contributed by atoms with Crippen molar-refractivity contribution in [2.45, 2.75) is 315 Å². The third-order valence-electron chi connectivity index (χ3n) is 14.7. The van der Waals surface area contributed by atoms with E-state index in [-0.39, 0.29) is 24.9 Å². The molecule has 0 fully saturated rings. The molecular weight excluding hydrogens is 1000 g/mol. The van der Waals surface area contributed by atoms with Crippen LogP contribution < -0.4 is 10.2 Å². The van der Waals surface area contributed by atoms with Crippen LogP contribution in [0, 0.1) is 0 Å². The second kappa shape index (κ2) is 58.6. The van der Waals surface area contributed by atoms with Crippen LogP contribution in [0.4, 0.5) is 0 Å². The van der Waals surface area contributed by atoms with Crippen molar-refractivity contribution < 1.29 is 37.3 Å². The van der Waals surface area contributed by atoms with Crippen LogP contribution in [0.15, 0.2) is 72.9 Å². The number of nitrogens with zero attached hydrogens (tertiary/aromatic N) is 1. The fourth-order valence-corrected chi connectivity index (χ4v) is 10.3. The lowest BCUT2D eigenvalue weighted by Crippen LogP contribution is -2.47. The second-order valence-electron chi connectivity index (χ2n) is 23.6. The van der Waals surface area contributed by atoms with Gasteiger partial charge in [0.15, 0.2) is 0 Å². The number of amides is 1. The average Bonchev–Trinajstić information content (AvgIpc) is 3.41. The summed E-state index contributed by atoms with van der Waals surface area (Å²) in [6, 6.07) is -0.897. The number of carbonyl (C=O) groups excluding carboxylic acids is 2. The van der Waals surface area contributed by atoms with Gasteiger partial charge in [0.25, 0.3) is 7.82 Å². The molecule has 0 rings (SSSR count). The van der Waals surface area contributed by atoms with Crippen LogP contribution in [0.1, 0.15) is 303 Å². The number of nitrogens with one attached hydrogen (secondary N) is 1. The minimum Gasteiger partial charge on any atom is -0.756 e. The summed E-state index contributed by atoms with van der Waals surface area (Å²) >= 11 is 0. The van der Waals surface area contributed by atoms with E-state index in [2.05, 4.69) is 86.8 Å². The monoisotopic (exact) mass is 1130 g/mol. The molecule has 0 aromatic rings. The van der Waals surface area contributed by atoms with Crippen molar-refractivity contribution in [2.24, 2.45) is 0 Å². The van der Waals surface area contributed by atoms with Crippen LogP contribution in [0.3, 0.4) is 0 Å². The molecule has 0 aromatic carbocycles. The van der Waals surface area contributed by atoms with Gasteiger partial charge in [0, 0.05) is 12.8 Å². The van der Waals surface area contributed by atoms with E-state index in [9.17, 15) is 19.0 Å². The smallest absolute Gasteiger partial charge is 0.306 e. The molecule has 79 heavy (non-hydrogen) atoms. The SMILES string of the molecule is CC/C=C\C/C=C\C/C=C\C/C=C\C/C=C\CCCCCCCC(=O)OC(/C=C/CCCCCCCCCCC)C(COP(=O)([O-])OCC[N+](C)(C)C)NC(=O)CCCCCCCCCCCCCCCCCCCCCCC. The first-order chi connectivity index (χ1) is 38.4. The van der Waals surface area contributed by atoms with Crippen LogP contribution in [0.2, 0.25) is 0 Å². The number of hydrogen-bond donors (Lipinski definition) is 1. The highest BCUT2D eigenvalue weighted by Gasteiger charge is 2.27. The van der Waals surface area contributed by atoms with Gasteiger partial charge in [-0.2, -0.15) is 0 Å². The van der Waals surface area contributed by atoms with Gasteiger partial charge in [-0.05, 0) is 76.7 Å². The Bertz CT molecular complexity index is 1580. The Morgan fingerprint density at radius 3 is 1.22 bits per heavy atom. The van der Waals surface area contributed by atoms with E-state index in [0.29, 0.717) is 23.9 Å². The van der Waals surface area contributed by atoms with E-state index >= 15 is 0 Å². The molecule has 0 bridgehead atoms. The van der Waals surface area contributed by atoms with Crippen molar-refractivity contribution in [3.8, 4) is 0 Å². The Morgan fingerprint density at radius 1 is 0.456 bits per heavy atom. The van der Waals surface area contributed by atoms with E-state index < -0.39 is 26.6 Å². The van der Waals surface area contributed by atoms with Gasteiger partial charge in [0.05, 0.1) is 33.8 Å². The maximum atomic E-state index is 13.6. The number of esters is 1. The molecule has 0 aliphatic carbocycles. The van der Waals surface area contributed by atoms with Crippen LogP contribution >= 0.6 is 7.82 Å². The second-order valence-corrected chi connectivity index (χ2v) is 25.0. The van der Waals surface area contributed by atoms with Crippen molar-refractivity contribution in [2.75, 3.05) is 40.9 Å². The standard InChI is InChI=1S/C69H127N2O7P/c1-7-10-13-16-19-22-25-27-29-31-33-35-37-39-41-43-46-49-52-55-58-61-68(72)70-66(65-77-79(74,75)76-64-63-71(4,5)6)67(60-57-54-51-48-45-24-21-18-15-12-9-3)78-69(73)62-59-56-53-50-47-44-42-40-38-36-34-32-30-28-26-23-20-17-14-11-8-2/h11,14,20,23,28,30,34,36,40,42,57,60,66-67H,7-10,12-13,15-19,21-22,24-27,29,31-33,35,37-39,41,43-56,58-59,61-65H2,1-6H3,(H-,70,72,74,75)/b14-11-,23-20-,30-28-,36-34-,42-40-,60-57+. The van der Waals surface area contributed by atoms with Crippen LogP contribution in [-0.4, -0.2) is 69.4 Å². The molecule has 1 amide bonds. The summed E-state index contributed by atoms with van der Waals surface area (Å²) in [4.78, 5) is 40.1. The largest absolute Gasteiger partial charge is 0.756 e. The highest BCUT2D eigenvalue weighted by Crippen LogP contribution is 2.38. The topological polar surface area (TPSA) is 114 Å². The first kappa shape index (κ1) is 76.5. The van der Waals surface area contributed by atoms with Crippen LogP contribution in [0.25, 0.3) is 0 Å². The van der Waals surface area contributed by atoms with E-state index in [1.165, 1.54) is 161 Å². The number of hydrogen-bond acceptors (Lipinski definition) is 7. The number of quaternary nitrogens is 1. The maximum Gasteiger partial charge on any atom is 0.306 e. The predicted molar refractivity (Wildman–Crippen MR) is 339 cm³/mol. The summed E-state index contributed by atoms with van der Waals surface area (Å²) in [5, 5.41) is 3.03. The van der Waals surface area contributed by atoms with E-state index in [4.69, 9.17) is 13.8 Å². The zero-order chi connectivity index (χ0) is 57.9. The van der Waals surface area contributed by atoms with Gasteiger partial charge in [-0.1, -0.05) is 287 Å². The summed E-state index contributed by atoms with van der Waals surface area (Å²) in [5.74, 6) is -0.555. The summed E-state index contributed by atoms with van der Waals surface area (Å²) < 4.78 is 30.4. The van der Waals surface area contributed by atoms with Crippen molar-refractivity contribution in [3.63, 3.8) is 0 Å². The van der Waals surface area contributed by atoms with Gasteiger partial charge in [0.2, 0.25) is 5.91 Å². The molecule has 0 aliphatic rings. The van der Waals surface area contributed by atoms with Crippen molar-refractivity contribution in [3.05, 3.63) is 72.9 Å². The molecule has 9 nitrogen and oxygen atoms in total. The fourth-order valence-electron chi connectivity index (χ4n) is 9.55. The molecule has 0 heterocycles. The predicted octanol–water partition coefficient (Wildman–Crippen LogP) is 20.2. The number of likely N-dealkylation sites (N-methyl/N-ethyl adjacent to an activating group) is 1. The number of phosphoric ester groups is 1. The van der Waals surface area contributed by atoms with E-state index in [1.54, 1.807) is 0 Å². The lowest BCUT2D eigenvalue weighted by Gasteiger charge is -2.30. The molecule has 3 atom stereocenters. The minimum absolute atomic E-state index is 0.0266. The summed E-state index contributed by atoms with van der Waals surface area (Å²) in [7, 11) is 1.18. The molecular formula is C69H127N2O7P. The van der Waals surface area contributed by atoms with E-state index in [1.807, 2.05) is 33.3 Å². The number of ether oxygens (including phenoxy) is 1. The molecule has 10 heteroatoms. The zero-order valence-electron chi connectivity index (χ0n) is 52.6. The molecule has 0 spiro atoms. The summed E-state index contributed by atoms with van der Waals surface area (Å²) in [6.45, 7) is 6.74. The van der Waals surface area contributed by atoms with Crippen molar-refractivity contribution in [1.29, 1.82) is 0 Å². The number of rotatable bonds is 60. The number of carbonyl (C=O) groups is 2. The summed E-state index contributed by atoms with van der Waals surface area (Å²) in [6.07, 6.45) is 75.9. The number of unbranched alkanes of at least 4 members (excludes halogenated alkanes) is 34. The first-order valence-electron chi connectivity index (χ1n) is 33.2. The van der Waals surface area contributed by atoms with Gasteiger partial charge in [-0.25, -0.2) is 0 Å². The zero-order valence-corrected chi connectivity index (χ0v) is 53.5. The Hall–Kier alpha value is -2.55. The molecule has 0 saturated carbocycles. The molecule has 460 valence electrons. The normalized spacial score (nSPS) is 14.1. The minimum atomic E-state index is -4.71. The Kier molecular flexibility index (Phi) is 56.7. The van der Waals surface area contributed by atoms with Crippen LogP contribution in [-0.2, 0) is 27.9 Å². The van der Waals surface area contributed by atoms with E-state index in [0.717, 1.165) is 103 Å². The van der Waals surface area contributed by atoms with Crippen molar-refractivity contribution >= 4 is 19.7 Å². The Morgan fingerprint density at radius 2 is 0.810 bits per heavy atom. The summed E-state index contributed by atoms with van der Waals surface area (Å²) in [5.41, 5.74) is 0. The first-order valence-corrected chi connectivity index (χ1v) is 34.7. The Balaban J connectivity index is 5.15. The molecule has 0 aliphatic heterocycles. The van der Waals surface area contributed by atoms with Gasteiger partial charge >= 0.3 is 5.97 Å². The third kappa shape index (κ3) is 59.9. The molecule has 1 N–H and O–H groups in total. The average molecular weight is 1130 g/mol. The highest BCUT2D eigenvalue weighted by atomic mass is 31.2. The van der Waals surface area contributed by atoms with Gasteiger partial charge in [-0.15, -0.1) is 0 Å². The fraction of sp³-hybridized carbons (Fsp3) is 0.797. The van der Waals surface area contributed by atoms with Crippen molar-refractivity contribution in [1.82, 2.24) is 5.32 Å². The third-order valence-corrected chi connectivity index (χ3v) is 15.6. The lowest BCUT2D eigenvalue weighted by atomic mass is 10.0. The Labute approximate surface area is 489 Å². The lowest BCUT2D eigenvalue weighted by molar-refractivity contribution is -0.870. The molecule has 0 aromatic heterocycles. The molecule has 0 saturated heterocycles.